The van der Waals surface area contributed by atoms with Crippen LogP contribution in [0.25, 0.3) is 0 Å². The SMILES string of the molecule is CCCOC1CCCN(C(=O)NC2CCN(c3ccc(F)cc3)CC2)C1. The smallest absolute Gasteiger partial charge is 0.317 e. The number of carbonyl (C=O) groups is 1. The van der Waals surface area contributed by atoms with Gasteiger partial charge in [0.2, 0.25) is 0 Å². The van der Waals surface area contributed by atoms with Gasteiger partial charge in [0.25, 0.3) is 0 Å². The molecule has 2 aliphatic heterocycles. The van der Waals surface area contributed by atoms with Crippen molar-refractivity contribution in [2.75, 3.05) is 37.7 Å². The van der Waals surface area contributed by atoms with Crippen molar-refractivity contribution < 1.29 is 13.9 Å². The van der Waals surface area contributed by atoms with E-state index in [1.807, 2.05) is 17.0 Å². The number of halogens is 1. The van der Waals surface area contributed by atoms with E-state index >= 15 is 0 Å². The number of urea groups is 1. The molecule has 2 heterocycles. The van der Waals surface area contributed by atoms with Gasteiger partial charge in [-0.1, -0.05) is 6.92 Å². The fourth-order valence-corrected chi connectivity index (χ4v) is 3.74. The molecule has 1 N–H and O–H groups in total. The Balaban J connectivity index is 1.43. The summed E-state index contributed by atoms with van der Waals surface area (Å²) in [4.78, 5) is 16.7. The second-order valence-corrected chi connectivity index (χ2v) is 7.27. The molecule has 0 spiro atoms. The first-order valence-electron chi connectivity index (χ1n) is 9.83. The number of carbonyl (C=O) groups excluding carboxylic acids is 1. The van der Waals surface area contributed by atoms with Gasteiger partial charge in [-0.25, -0.2) is 9.18 Å². The van der Waals surface area contributed by atoms with Crippen LogP contribution in [-0.2, 0) is 4.74 Å². The van der Waals surface area contributed by atoms with Gasteiger partial charge in [-0.2, -0.15) is 0 Å². The molecule has 1 aromatic carbocycles. The van der Waals surface area contributed by atoms with Crippen molar-refractivity contribution in [3.05, 3.63) is 30.1 Å². The van der Waals surface area contributed by atoms with E-state index in [1.165, 1.54) is 12.1 Å². The number of hydrogen-bond acceptors (Lipinski definition) is 3. The van der Waals surface area contributed by atoms with Crippen molar-refractivity contribution in [2.45, 2.75) is 51.2 Å². The molecule has 2 amide bonds. The summed E-state index contributed by atoms with van der Waals surface area (Å²) in [5, 5.41) is 3.19. The van der Waals surface area contributed by atoms with Crippen LogP contribution in [0.3, 0.4) is 0 Å². The van der Waals surface area contributed by atoms with E-state index in [0.29, 0.717) is 6.54 Å². The quantitative estimate of drug-likeness (QED) is 0.872. The van der Waals surface area contributed by atoms with E-state index in [1.54, 1.807) is 0 Å². The molecule has 1 aromatic rings. The van der Waals surface area contributed by atoms with Crippen LogP contribution in [0.5, 0.6) is 0 Å². The molecule has 0 radical (unpaired) electrons. The fraction of sp³-hybridized carbons (Fsp3) is 0.650. The normalized spacial score (nSPS) is 21.7. The first kappa shape index (κ1) is 19.0. The zero-order chi connectivity index (χ0) is 18.4. The van der Waals surface area contributed by atoms with Gasteiger partial charge in [-0.15, -0.1) is 0 Å². The Kier molecular flexibility index (Phi) is 6.72. The standard InChI is InChI=1S/C20H30FN3O2/c1-2-14-26-19-4-3-11-24(15-19)20(25)22-17-9-12-23(13-10-17)18-7-5-16(21)6-8-18/h5-8,17,19H,2-4,9-15H2,1H3,(H,22,25). The van der Waals surface area contributed by atoms with E-state index in [9.17, 15) is 9.18 Å². The average molecular weight is 363 g/mol. The molecule has 1 unspecified atom stereocenters. The van der Waals surface area contributed by atoms with Gasteiger partial charge in [0.05, 0.1) is 6.10 Å². The molecule has 3 rings (SSSR count). The highest BCUT2D eigenvalue weighted by Crippen LogP contribution is 2.21. The van der Waals surface area contributed by atoms with Crippen molar-refractivity contribution >= 4 is 11.7 Å². The van der Waals surface area contributed by atoms with E-state index in [0.717, 1.165) is 64.0 Å². The van der Waals surface area contributed by atoms with E-state index in [2.05, 4.69) is 17.1 Å². The van der Waals surface area contributed by atoms with Crippen LogP contribution < -0.4 is 10.2 Å². The van der Waals surface area contributed by atoms with Crippen LogP contribution >= 0.6 is 0 Å². The van der Waals surface area contributed by atoms with Crippen molar-refractivity contribution in [3.8, 4) is 0 Å². The number of piperidine rings is 2. The Morgan fingerprint density at radius 3 is 2.62 bits per heavy atom. The monoisotopic (exact) mass is 363 g/mol. The second kappa shape index (κ2) is 9.21. The van der Waals surface area contributed by atoms with Gasteiger partial charge in [0.15, 0.2) is 0 Å². The highest BCUT2D eigenvalue weighted by atomic mass is 19.1. The number of nitrogens with one attached hydrogen (secondary N) is 1. The predicted octanol–water partition coefficient (Wildman–Crippen LogP) is 3.40. The largest absolute Gasteiger partial charge is 0.376 e. The molecular weight excluding hydrogens is 333 g/mol. The van der Waals surface area contributed by atoms with Gasteiger partial charge in [-0.3, -0.25) is 0 Å². The third-order valence-electron chi connectivity index (χ3n) is 5.24. The molecular formula is C20H30FN3O2. The number of hydrogen-bond donors (Lipinski definition) is 1. The van der Waals surface area contributed by atoms with Gasteiger partial charge in [0.1, 0.15) is 5.82 Å². The minimum atomic E-state index is -0.210. The summed E-state index contributed by atoms with van der Waals surface area (Å²) in [6, 6.07) is 6.87. The summed E-state index contributed by atoms with van der Waals surface area (Å²) in [6.45, 7) is 6.12. The predicted molar refractivity (Wildman–Crippen MR) is 101 cm³/mol. The number of ether oxygens (including phenoxy) is 1. The van der Waals surface area contributed by atoms with Crippen LogP contribution in [0.4, 0.5) is 14.9 Å². The molecule has 26 heavy (non-hydrogen) atoms. The molecule has 0 bridgehead atoms. The van der Waals surface area contributed by atoms with E-state index < -0.39 is 0 Å². The molecule has 2 fully saturated rings. The second-order valence-electron chi connectivity index (χ2n) is 7.27. The molecule has 5 nitrogen and oxygen atoms in total. The summed E-state index contributed by atoms with van der Waals surface area (Å²) in [5.74, 6) is -0.210. The third-order valence-corrected chi connectivity index (χ3v) is 5.24. The number of nitrogens with zero attached hydrogens (tertiary/aromatic N) is 2. The summed E-state index contributed by atoms with van der Waals surface area (Å²) in [7, 11) is 0. The summed E-state index contributed by atoms with van der Waals surface area (Å²) >= 11 is 0. The minimum absolute atomic E-state index is 0.0371. The summed E-state index contributed by atoms with van der Waals surface area (Å²) in [5.41, 5.74) is 1.04. The van der Waals surface area contributed by atoms with Crippen molar-refractivity contribution in [2.24, 2.45) is 0 Å². The zero-order valence-electron chi connectivity index (χ0n) is 15.6. The lowest BCUT2D eigenvalue weighted by atomic mass is 10.0. The average Bonchev–Trinajstić information content (AvgIpc) is 2.68. The van der Waals surface area contributed by atoms with Crippen LogP contribution in [0.1, 0.15) is 39.0 Å². The Labute approximate surface area is 155 Å². The lowest BCUT2D eigenvalue weighted by molar-refractivity contribution is 0.00966. The van der Waals surface area contributed by atoms with Crippen molar-refractivity contribution in [3.63, 3.8) is 0 Å². The molecule has 144 valence electrons. The lowest BCUT2D eigenvalue weighted by Crippen LogP contribution is -2.52. The fourth-order valence-electron chi connectivity index (χ4n) is 3.74. The Morgan fingerprint density at radius 1 is 1.19 bits per heavy atom. The number of benzene rings is 1. The maximum atomic E-state index is 13.1. The summed E-state index contributed by atoms with van der Waals surface area (Å²) < 4.78 is 18.9. The van der Waals surface area contributed by atoms with E-state index in [4.69, 9.17) is 4.74 Å². The number of amides is 2. The van der Waals surface area contributed by atoms with Gasteiger partial charge < -0.3 is 19.9 Å². The molecule has 0 aromatic heterocycles. The van der Waals surface area contributed by atoms with Gasteiger partial charge in [0, 0.05) is 44.5 Å². The Morgan fingerprint density at radius 2 is 1.92 bits per heavy atom. The van der Waals surface area contributed by atoms with Gasteiger partial charge >= 0.3 is 6.03 Å². The van der Waals surface area contributed by atoms with Crippen LogP contribution in [0.15, 0.2) is 24.3 Å². The zero-order valence-corrected chi connectivity index (χ0v) is 15.6. The number of rotatable bonds is 5. The van der Waals surface area contributed by atoms with Gasteiger partial charge in [-0.05, 0) is 56.4 Å². The highest BCUT2D eigenvalue weighted by molar-refractivity contribution is 5.74. The maximum Gasteiger partial charge on any atom is 0.317 e. The minimum Gasteiger partial charge on any atom is -0.376 e. The first-order chi connectivity index (χ1) is 12.7. The lowest BCUT2D eigenvalue weighted by Gasteiger charge is -2.37. The van der Waals surface area contributed by atoms with Crippen LogP contribution in [0, 0.1) is 5.82 Å². The van der Waals surface area contributed by atoms with E-state index in [-0.39, 0.29) is 24.0 Å². The van der Waals surface area contributed by atoms with Crippen molar-refractivity contribution in [1.29, 1.82) is 0 Å². The van der Waals surface area contributed by atoms with Crippen molar-refractivity contribution in [1.82, 2.24) is 10.2 Å². The molecule has 2 aliphatic rings. The molecule has 0 aliphatic carbocycles. The molecule has 0 saturated carbocycles. The molecule has 6 heteroatoms. The third kappa shape index (κ3) is 5.10. The van der Waals surface area contributed by atoms with Crippen LogP contribution in [-0.4, -0.2) is 55.9 Å². The van der Waals surface area contributed by atoms with Crippen LogP contribution in [0.2, 0.25) is 0 Å². The Hall–Kier alpha value is -1.82. The Bertz CT molecular complexity index is 573. The maximum absolute atomic E-state index is 13.1. The number of likely N-dealkylation sites (tertiary alicyclic amines) is 1. The molecule has 1 atom stereocenters. The highest BCUT2D eigenvalue weighted by Gasteiger charge is 2.27. The molecule has 2 saturated heterocycles. The first-order valence-corrected chi connectivity index (χ1v) is 9.83. The topological polar surface area (TPSA) is 44.8 Å². The summed E-state index contributed by atoms with van der Waals surface area (Å²) in [6.07, 6.45) is 5.05. The number of anilines is 1.